The molecule has 0 unspecified atom stereocenters. The van der Waals surface area contributed by atoms with Crippen molar-refractivity contribution in [3.63, 3.8) is 0 Å². The van der Waals surface area contributed by atoms with Gasteiger partial charge in [-0.1, -0.05) is 25.7 Å². The van der Waals surface area contributed by atoms with Crippen LogP contribution in [-0.2, 0) is 12.1 Å². The minimum Gasteiger partial charge on any atom is -0.493 e. The minimum absolute atomic E-state index is 0.719. The van der Waals surface area contributed by atoms with Crippen LogP contribution in [0.4, 0.5) is 0 Å². The van der Waals surface area contributed by atoms with Crippen molar-refractivity contribution in [3.8, 4) is 5.75 Å². The first-order chi connectivity index (χ1) is 8.21. The van der Waals surface area contributed by atoms with E-state index in [0.717, 1.165) is 43.7 Å². The zero-order valence-electron chi connectivity index (χ0n) is 10.8. The molecule has 0 spiro atoms. The maximum atomic E-state index is 10.9. The summed E-state index contributed by atoms with van der Waals surface area (Å²) in [6, 6.07) is 0. The summed E-state index contributed by atoms with van der Waals surface area (Å²) in [5, 5.41) is 15.2. The third kappa shape index (κ3) is 2.32. The van der Waals surface area contributed by atoms with E-state index in [1.807, 2.05) is 11.6 Å². The van der Waals surface area contributed by atoms with Gasteiger partial charge in [0.25, 0.3) is 0 Å². The van der Waals surface area contributed by atoms with Crippen molar-refractivity contribution in [1.82, 2.24) is 9.78 Å². The van der Waals surface area contributed by atoms with E-state index in [9.17, 15) is 5.11 Å². The predicted octanol–water partition coefficient (Wildman–Crippen LogP) is 2.45. The molecule has 1 N–H and O–H groups in total. The molecule has 0 aromatic carbocycles. The zero-order chi connectivity index (χ0) is 12.3. The molecule has 0 atom stereocenters. The second-order valence-electron chi connectivity index (χ2n) is 4.82. The average Bonchev–Trinajstić information content (AvgIpc) is 2.65. The van der Waals surface area contributed by atoms with Gasteiger partial charge in [0.05, 0.1) is 13.3 Å². The molecule has 0 amide bonds. The van der Waals surface area contributed by atoms with Crippen molar-refractivity contribution in [2.24, 2.45) is 0 Å². The SMILES string of the molecule is CCn1ncc(OC)c1C1(O)CCCCCC1. The molecule has 4 heteroatoms. The highest BCUT2D eigenvalue weighted by atomic mass is 16.5. The summed E-state index contributed by atoms with van der Waals surface area (Å²) in [7, 11) is 1.64. The van der Waals surface area contributed by atoms with Crippen LogP contribution < -0.4 is 4.74 Å². The summed E-state index contributed by atoms with van der Waals surface area (Å²) in [6.45, 7) is 2.80. The second-order valence-corrected chi connectivity index (χ2v) is 4.82. The quantitative estimate of drug-likeness (QED) is 0.823. The Labute approximate surface area is 103 Å². The maximum Gasteiger partial charge on any atom is 0.162 e. The van der Waals surface area contributed by atoms with E-state index >= 15 is 0 Å². The van der Waals surface area contributed by atoms with Gasteiger partial charge in [-0.3, -0.25) is 4.68 Å². The van der Waals surface area contributed by atoms with Crippen molar-refractivity contribution >= 4 is 0 Å². The third-order valence-electron chi connectivity index (χ3n) is 3.70. The topological polar surface area (TPSA) is 47.3 Å². The molecule has 1 aliphatic carbocycles. The summed E-state index contributed by atoms with van der Waals surface area (Å²) in [5.41, 5.74) is 0.110. The monoisotopic (exact) mass is 238 g/mol. The maximum absolute atomic E-state index is 10.9. The lowest BCUT2D eigenvalue weighted by molar-refractivity contribution is 0.00979. The number of aliphatic hydroxyl groups is 1. The van der Waals surface area contributed by atoms with E-state index in [1.54, 1.807) is 13.3 Å². The van der Waals surface area contributed by atoms with Crippen LogP contribution in [0.1, 0.15) is 51.1 Å². The van der Waals surface area contributed by atoms with E-state index < -0.39 is 5.60 Å². The van der Waals surface area contributed by atoms with Crippen LogP contribution in [0.5, 0.6) is 5.75 Å². The summed E-state index contributed by atoms with van der Waals surface area (Å²) >= 11 is 0. The first-order valence-corrected chi connectivity index (χ1v) is 6.54. The van der Waals surface area contributed by atoms with Gasteiger partial charge >= 0.3 is 0 Å². The van der Waals surface area contributed by atoms with Crippen LogP contribution in [0.2, 0.25) is 0 Å². The van der Waals surface area contributed by atoms with Gasteiger partial charge in [-0.15, -0.1) is 0 Å². The molecule has 0 radical (unpaired) electrons. The molecule has 0 aliphatic heterocycles. The van der Waals surface area contributed by atoms with Gasteiger partial charge in [-0.05, 0) is 19.8 Å². The summed E-state index contributed by atoms with van der Waals surface area (Å²) in [5.74, 6) is 0.719. The number of rotatable bonds is 3. The standard InChI is InChI=1S/C13H22N2O2/c1-3-15-12(11(17-2)10-14-15)13(16)8-6-4-5-7-9-13/h10,16H,3-9H2,1-2H3. The van der Waals surface area contributed by atoms with Crippen molar-refractivity contribution < 1.29 is 9.84 Å². The fourth-order valence-electron chi connectivity index (χ4n) is 2.78. The normalized spacial score (nSPS) is 19.9. The summed E-state index contributed by atoms with van der Waals surface area (Å²) in [4.78, 5) is 0. The lowest BCUT2D eigenvalue weighted by Gasteiger charge is -2.28. The average molecular weight is 238 g/mol. The van der Waals surface area contributed by atoms with Crippen molar-refractivity contribution in [1.29, 1.82) is 0 Å². The number of nitrogens with zero attached hydrogens (tertiary/aromatic N) is 2. The third-order valence-corrected chi connectivity index (χ3v) is 3.70. The summed E-state index contributed by atoms with van der Waals surface area (Å²) in [6.07, 6.45) is 7.92. The highest BCUT2D eigenvalue weighted by Gasteiger charge is 2.36. The number of methoxy groups -OCH3 is 1. The van der Waals surface area contributed by atoms with Crippen LogP contribution in [0.25, 0.3) is 0 Å². The Morgan fingerprint density at radius 3 is 2.53 bits per heavy atom. The molecular formula is C13H22N2O2. The highest BCUT2D eigenvalue weighted by Crippen LogP contribution is 2.40. The Kier molecular flexibility index (Phi) is 3.72. The molecule has 4 nitrogen and oxygen atoms in total. The summed E-state index contributed by atoms with van der Waals surface area (Å²) < 4.78 is 7.21. The van der Waals surface area contributed by atoms with Gasteiger partial charge in [0.15, 0.2) is 5.75 Å². The van der Waals surface area contributed by atoms with Gasteiger partial charge < -0.3 is 9.84 Å². The molecule has 1 heterocycles. The van der Waals surface area contributed by atoms with Crippen LogP contribution in [0.15, 0.2) is 6.20 Å². The predicted molar refractivity (Wildman–Crippen MR) is 66.1 cm³/mol. The molecule has 1 aliphatic rings. The van der Waals surface area contributed by atoms with Crippen LogP contribution in [-0.4, -0.2) is 22.0 Å². The fraction of sp³-hybridized carbons (Fsp3) is 0.769. The Morgan fingerprint density at radius 2 is 2.00 bits per heavy atom. The molecule has 0 bridgehead atoms. The van der Waals surface area contributed by atoms with Crippen molar-refractivity contribution in [2.45, 2.75) is 57.6 Å². The number of hydrogen-bond donors (Lipinski definition) is 1. The molecule has 1 aromatic rings. The van der Waals surface area contributed by atoms with Crippen molar-refractivity contribution in [3.05, 3.63) is 11.9 Å². The first kappa shape index (κ1) is 12.4. The second kappa shape index (κ2) is 5.08. The molecule has 0 saturated heterocycles. The van der Waals surface area contributed by atoms with Gasteiger partial charge in [0.1, 0.15) is 11.3 Å². The number of aromatic nitrogens is 2. The molecule has 17 heavy (non-hydrogen) atoms. The Hall–Kier alpha value is -1.03. The minimum atomic E-state index is -0.756. The highest BCUT2D eigenvalue weighted by molar-refractivity contribution is 5.31. The Bertz CT molecular complexity index is 344. The van der Waals surface area contributed by atoms with E-state index in [0.29, 0.717) is 0 Å². The van der Waals surface area contributed by atoms with E-state index in [-0.39, 0.29) is 0 Å². The van der Waals surface area contributed by atoms with Gasteiger partial charge in [-0.25, -0.2) is 0 Å². The molecule has 1 aromatic heterocycles. The van der Waals surface area contributed by atoms with Gasteiger partial charge in [0.2, 0.25) is 0 Å². The molecule has 1 fully saturated rings. The Balaban J connectivity index is 2.38. The Morgan fingerprint density at radius 1 is 1.35 bits per heavy atom. The fourth-order valence-corrected chi connectivity index (χ4v) is 2.78. The van der Waals surface area contributed by atoms with E-state index in [1.165, 1.54) is 12.8 Å². The first-order valence-electron chi connectivity index (χ1n) is 6.54. The van der Waals surface area contributed by atoms with Crippen LogP contribution >= 0.6 is 0 Å². The smallest absolute Gasteiger partial charge is 0.162 e. The number of aryl methyl sites for hydroxylation is 1. The van der Waals surface area contributed by atoms with Gasteiger partial charge in [-0.2, -0.15) is 5.10 Å². The lowest BCUT2D eigenvalue weighted by atomic mass is 9.90. The largest absolute Gasteiger partial charge is 0.493 e. The van der Waals surface area contributed by atoms with Crippen LogP contribution in [0.3, 0.4) is 0 Å². The van der Waals surface area contributed by atoms with Crippen LogP contribution in [0, 0.1) is 0 Å². The number of ether oxygens (including phenoxy) is 1. The molecule has 2 rings (SSSR count). The van der Waals surface area contributed by atoms with Crippen molar-refractivity contribution in [2.75, 3.05) is 7.11 Å². The molecular weight excluding hydrogens is 216 g/mol. The molecule has 1 saturated carbocycles. The van der Waals surface area contributed by atoms with E-state index in [2.05, 4.69) is 5.10 Å². The lowest BCUT2D eigenvalue weighted by Crippen LogP contribution is -2.29. The van der Waals surface area contributed by atoms with E-state index in [4.69, 9.17) is 4.74 Å². The zero-order valence-corrected chi connectivity index (χ0v) is 10.8. The molecule has 96 valence electrons. The number of hydrogen-bond acceptors (Lipinski definition) is 3. The van der Waals surface area contributed by atoms with Gasteiger partial charge in [0, 0.05) is 6.54 Å².